The summed E-state index contributed by atoms with van der Waals surface area (Å²) in [5.41, 5.74) is 1.06. The normalized spacial score (nSPS) is 14.5. The first-order valence-corrected chi connectivity index (χ1v) is 2.37. The van der Waals surface area contributed by atoms with E-state index in [9.17, 15) is 0 Å². The van der Waals surface area contributed by atoms with Gasteiger partial charge in [0.15, 0.2) is 0 Å². The van der Waals surface area contributed by atoms with Gasteiger partial charge >= 0.3 is 0 Å². The molecule has 0 fully saturated rings. The molecule has 0 radical (unpaired) electrons. The standard InChI is InChI=1S/C4H4N4/c1-2-6-8-4(1)3-5-7-8/h1-2H,3H2. The molecule has 0 N–H and O–H groups in total. The van der Waals surface area contributed by atoms with Gasteiger partial charge in [0.25, 0.3) is 0 Å². The van der Waals surface area contributed by atoms with Crippen LogP contribution in [0.1, 0.15) is 5.69 Å². The second-order valence-corrected chi connectivity index (χ2v) is 1.60. The van der Waals surface area contributed by atoms with Crippen molar-refractivity contribution in [3.63, 3.8) is 0 Å². The summed E-state index contributed by atoms with van der Waals surface area (Å²) in [6.07, 6.45) is 1.72. The van der Waals surface area contributed by atoms with Gasteiger partial charge in [-0.15, -0.1) is 4.79 Å². The predicted molar refractivity (Wildman–Crippen MR) is 26.2 cm³/mol. The van der Waals surface area contributed by atoms with Gasteiger partial charge in [-0.3, -0.25) is 0 Å². The zero-order valence-electron chi connectivity index (χ0n) is 4.15. The van der Waals surface area contributed by atoms with E-state index in [1.54, 1.807) is 6.20 Å². The summed E-state index contributed by atoms with van der Waals surface area (Å²) in [5.74, 6) is 0. The number of aromatic nitrogens is 2. The van der Waals surface area contributed by atoms with Crippen molar-refractivity contribution in [2.45, 2.75) is 6.54 Å². The van der Waals surface area contributed by atoms with Gasteiger partial charge in [-0.25, -0.2) is 0 Å². The monoisotopic (exact) mass is 108 g/mol. The maximum Gasteiger partial charge on any atom is 0.106 e. The van der Waals surface area contributed by atoms with Gasteiger partial charge in [0, 0.05) is 0 Å². The first-order valence-electron chi connectivity index (χ1n) is 2.37. The number of hydrogen-bond acceptors (Lipinski definition) is 3. The molecule has 2 rings (SSSR count). The van der Waals surface area contributed by atoms with Crippen molar-refractivity contribution >= 4 is 0 Å². The minimum Gasteiger partial charge on any atom is -0.162 e. The second-order valence-electron chi connectivity index (χ2n) is 1.60. The van der Waals surface area contributed by atoms with E-state index in [0.717, 1.165) is 5.69 Å². The number of hydrogen-bond donors (Lipinski definition) is 0. The zero-order valence-corrected chi connectivity index (χ0v) is 4.15. The minimum absolute atomic E-state index is 0.681. The van der Waals surface area contributed by atoms with E-state index < -0.39 is 0 Å². The third-order valence-electron chi connectivity index (χ3n) is 1.08. The van der Waals surface area contributed by atoms with E-state index in [-0.39, 0.29) is 0 Å². The summed E-state index contributed by atoms with van der Waals surface area (Å²) >= 11 is 0. The highest BCUT2D eigenvalue weighted by Gasteiger charge is 2.04. The summed E-state index contributed by atoms with van der Waals surface area (Å²) in [5, 5.41) is 11.3. The molecule has 0 aliphatic carbocycles. The van der Waals surface area contributed by atoms with Crippen molar-refractivity contribution in [2.24, 2.45) is 10.3 Å². The maximum atomic E-state index is 3.85. The molecule has 0 unspecified atom stereocenters. The highest BCUT2D eigenvalue weighted by molar-refractivity contribution is 5.00. The number of nitrogens with zero attached hydrogens (tertiary/aromatic N) is 4. The van der Waals surface area contributed by atoms with Crippen LogP contribution < -0.4 is 0 Å². The molecule has 4 nitrogen and oxygen atoms in total. The van der Waals surface area contributed by atoms with Crippen LogP contribution in [0.4, 0.5) is 0 Å². The van der Waals surface area contributed by atoms with E-state index in [1.807, 2.05) is 6.07 Å². The van der Waals surface area contributed by atoms with Gasteiger partial charge in [0.05, 0.1) is 11.9 Å². The topological polar surface area (TPSA) is 42.5 Å². The SMILES string of the molecule is c1cc2n(n1)N=NC2. The molecule has 0 saturated carbocycles. The molecule has 0 spiro atoms. The Morgan fingerprint density at radius 3 is 3.50 bits per heavy atom. The first-order chi connectivity index (χ1) is 3.97. The molecular formula is C4H4N4. The third kappa shape index (κ3) is 0.318. The summed E-state index contributed by atoms with van der Waals surface area (Å²) in [6.45, 7) is 0.681. The molecule has 0 aromatic carbocycles. The molecular weight excluding hydrogens is 104 g/mol. The molecule has 1 aromatic rings. The molecule has 4 heteroatoms. The quantitative estimate of drug-likeness (QED) is 0.480. The fourth-order valence-electron chi connectivity index (χ4n) is 0.684. The van der Waals surface area contributed by atoms with Crippen molar-refractivity contribution in [2.75, 3.05) is 0 Å². The largest absolute Gasteiger partial charge is 0.162 e. The van der Waals surface area contributed by atoms with Gasteiger partial charge < -0.3 is 0 Å². The zero-order chi connectivity index (χ0) is 5.40. The van der Waals surface area contributed by atoms with Crippen molar-refractivity contribution < 1.29 is 0 Å². The second kappa shape index (κ2) is 1.15. The van der Waals surface area contributed by atoms with E-state index >= 15 is 0 Å². The van der Waals surface area contributed by atoms with Crippen molar-refractivity contribution in [3.05, 3.63) is 18.0 Å². The highest BCUT2D eigenvalue weighted by atomic mass is 15.6. The number of fused-ring (bicyclic) bond motifs is 1. The van der Waals surface area contributed by atoms with E-state index in [4.69, 9.17) is 0 Å². The molecule has 1 aliphatic rings. The Kier molecular flexibility index (Phi) is 0.542. The van der Waals surface area contributed by atoms with Gasteiger partial charge in [-0.1, -0.05) is 0 Å². The lowest BCUT2D eigenvalue weighted by Crippen LogP contribution is -1.87. The van der Waals surface area contributed by atoms with Crippen molar-refractivity contribution in [1.82, 2.24) is 9.89 Å². The molecule has 0 amide bonds. The highest BCUT2D eigenvalue weighted by Crippen LogP contribution is 2.06. The lowest BCUT2D eigenvalue weighted by molar-refractivity contribution is 0.717. The summed E-state index contributed by atoms with van der Waals surface area (Å²) in [6, 6.07) is 1.90. The third-order valence-corrected chi connectivity index (χ3v) is 1.08. The van der Waals surface area contributed by atoms with Gasteiger partial charge in [-0.2, -0.15) is 10.2 Å². The van der Waals surface area contributed by atoms with Crippen LogP contribution in [-0.4, -0.2) is 9.89 Å². The number of rotatable bonds is 0. The van der Waals surface area contributed by atoms with Crippen LogP contribution in [0.15, 0.2) is 22.6 Å². The molecule has 40 valence electrons. The Labute approximate surface area is 45.8 Å². The smallest absolute Gasteiger partial charge is 0.106 e. The lowest BCUT2D eigenvalue weighted by Gasteiger charge is -1.80. The van der Waals surface area contributed by atoms with Gasteiger partial charge in [0.2, 0.25) is 0 Å². The Morgan fingerprint density at radius 2 is 2.62 bits per heavy atom. The van der Waals surface area contributed by atoms with Crippen LogP contribution in [-0.2, 0) is 6.54 Å². The minimum atomic E-state index is 0.681. The van der Waals surface area contributed by atoms with Crippen LogP contribution >= 0.6 is 0 Å². The van der Waals surface area contributed by atoms with Crippen LogP contribution in [0.3, 0.4) is 0 Å². The molecule has 0 atom stereocenters. The Bertz CT molecular complexity index is 224. The average molecular weight is 108 g/mol. The fourth-order valence-corrected chi connectivity index (χ4v) is 0.684. The van der Waals surface area contributed by atoms with Crippen molar-refractivity contribution in [1.29, 1.82) is 0 Å². The van der Waals surface area contributed by atoms with E-state index in [1.165, 1.54) is 4.79 Å². The van der Waals surface area contributed by atoms with Crippen LogP contribution in [0.2, 0.25) is 0 Å². The van der Waals surface area contributed by atoms with Crippen molar-refractivity contribution in [3.8, 4) is 0 Å². The molecule has 1 aliphatic heterocycles. The Hall–Kier alpha value is -1.19. The molecule has 1 aromatic heterocycles. The Balaban J connectivity index is 2.67. The molecule has 0 bridgehead atoms. The van der Waals surface area contributed by atoms with E-state index in [2.05, 4.69) is 15.4 Å². The van der Waals surface area contributed by atoms with Gasteiger partial charge in [-0.05, 0) is 11.3 Å². The van der Waals surface area contributed by atoms with Crippen LogP contribution in [0, 0.1) is 0 Å². The van der Waals surface area contributed by atoms with E-state index in [0.29, 0.717) is 6.54 Å². The lowest BCUT2D eigenvalue weighted by atomic mass is 10.4. The fraction of sp³-hybridized carbons (Fsp3) is 0.250. The summed E-state index contributed by atoms with van der Waals surface area (Å²) in [4.78, 5) is 1.53. The summed E-state index contributed by atoms with van der Waals surface area (Å²) < 4.78 is 0. The first kappa shape index (κ1) is 3.77. The van der Waals surface area contributed by atoms with Crippen LogP contribution in [0.25, 0.3) is 0 Å². The Morgan fingerprint density at radius 1 is 1.62 bits per heavy atom. The average Bonchev–Trinajstić information content (AvgIpc) is 2.15. The molecule has 8 heavy (non-hydrogen) atoms. The predicted octanol–water partition coefficient (Wildman–Crippen LogP) is 0.612. The molecule has 0 saturated heterocycles. The summed E-state index contributed by atoms with van der Waals surface area (Å²) in [7, 11) is 0. The van der Waals surface area contributed by atoms with Gasteiger partial charge in [0.1, 0.15) is 6.54 Å². The van der Waals surface area contributed by atoms with Crippen LogP contribution in [0.5, 0.6) is 0 Å². The molecule has 2 heterocycles. The maximum absolute atomic E-state index is 3.85.